The van der Waals surface area contributed by atoms with E-state index in [4.69, 9.17) is 11.6 Å². The molecule has 0 aliphatic rings. The highest BCUT2D eigenvalue weighted by molar-refractivity contribution is 7.99. The average Bonchev–Trinajstić information content (AvgIpc) is 2.40. The molecule has 2 aromatic rings. The maximum absolute atomic E-state index is 12.4. The molecular weight excluding hydrogens is 323 g/mol. The number of carbonyl (C=O) groups is 1. The maximum atomic E-state index is 12.4. The number of benzene rings is 1. The number of hydrogen-bond donors (Lipinski definition) is 0. The van der Waals surface area contributed by atoms with Crippen LogP contribution in [0.3, 0.4) is 0 Å². The van der Waals surface area contributed by atoms with Crippen LogP contribution in [0.15, 0.2) is 46.5 Å². The Labute approximate surface area is 128 Å². The number of carbonyl (C=O) groups excluding carboxylic acids is 1. The minimum atomic E-state index is -4.41. The van der Waals surface area contributed by atoms with Crippen LogP contribution in [0.5, 0.6) is 0 Å². The lowest BCUT2D eigenvalue weighted by Crippen LogP contribution is -2.05. The molecule has 0 spiro atoms. The Hall–Kier alpha value is -1.53. The highest BCUT2D eigenvalue weighted by Gasteiger charge is 2.30. The van der Waals surface area contributed by atoms with E-state index in [-0.39, 0.29) is 5.78 Å². The van der Waals surface area contributed by atoms with Gasteiger partial charge in [0, 0.05) is 16.7 Å². The summed E-state index contributed by atoms with van der Waals surface area (Å²) < 4.78 is 37.3. The largest absolute Gasteiger partial charge is 0.417 e. The first-order valence-corrected chi connectivity index (χ1v) is 6.98. The van der Waals surface area contributed by atoms with Gasteiger partial charge in [-0.1, -0.05) is 29.4 Å². The molecule has 0 fully saturated rings. The Morgan fingerprint density at radius 3 is 2.43 bits per heavy atom. The fourth-order valence-electron chi connectivity index (χ4n) is 1.52. The summed E-state index contributed by atoms with van der Waals surface area (Å²) in [6.45, 7) is 1.43. The Kier molecular flexibility index (Phi) is 4.58. The second kappa shape index (κ2) is 6.07. The van der Waals surface area contributed by atoms with Gasteiger partial charge < -0.3 is 0 Å². The second-order valence-electron chi connectivity index (χ2n) is 4.19. The number of pyridine rings is 1. The van der Waals surface area contributed by atoms with Crippen LogP contribution in [-0.2, 0) is 6.18 Å². The molecule has 0 unspecified atom stereocenters. The van der Waals surface area contributed by atoms with E-state index < -0.39 is 11.7 Å². The van der Waals surface area contributed by atoms with Crippen molar-refractivity contribution in [2.45, 2.75) is 23.0 Å². The Bertz CT molecular complexity index is 671. The second-order valence-corrected chi connectivity index (χ2v) is 5.66. The van der Waals surface area contributed by atoms with Gasteiger partial charge >= 0.3 is 6.18 Å². The molecule has 7 heteroatoms. The van der Waals surface area contributed by atoms with Crippen molar-refractivity contribution in [3.8, 4) is 0 Å². The molecule has 2 rings (SSSR count). The smallest absolute Gasteiger partial charge is 0.295 e. The molecule has 0 amide bonds. The number of hydrogen-bond acceptors (Lipinski definition) is 3. The summed E-state index contributed by atoms with van der Waals surface area (Å²) in [6, 6.07) is 7.02. The molecule has 0 atom stereocenters. The molecular formula is C14H9ClF3NOS. The van der Waals surface area contributed by atoms with Crippen LogP contribution in [-0.4, -0.2) is 10.8 Å². The Balaban J connectivity index is 2.20. The van der Waals surface area contributed by atoms with E-state index in [0.717, 1.165) is 24.0 Å². The molecule has 0 N–H and O–H groups in total. The molecule has 1 aromatic heterocycles. The molecule has 0 saturated carbocycles. The van der Waals surface area contributed by atoms with Crippen LogP contribution in [0, 0.1) is 0 Å². The zero-order chi connectivity index (χ0) is 15.6. The zero-order valence-corrected chi connectivity index (χ0v) is 12.3. The Morgan fingerprint density at radius 1 is 1.24 bits per heavy atom. The van der Waals surface area contributed by atoms with E-state index in [1.54, 1.807) is 12.1 Å². The van der Waals surface area contributed by atoms with E-state index >= 15 is 0 Å². The lowest BCUT2D eigenvalue weighted by Gasteiger charge is -2.08. The van der Waals surface area contributed by atoms with Crippen LogP contribution < -0.4 is 0 Å². The SMILES string of the molecule is CC(=O)c1ccc(Sc2ccc(C(F)(F)F)cn2)c(Cl)c1. The van der Waals surface area contributed by atoms with Gasteiger partial charge in [-0.05, 0) is 31.2 Å². The van der Waals surface area contributed by atoms with Crippen molar-refractivity contribution in [2.75, 3.05) is 0 Å². The zero-order valence-electron chi connectivity index (χ0n) is 10.7. The number of halogens is 4. The fraction of sp³-hybridized carbons (Fsp3) is 0.143. The van der Waals surface area contributed by atoms with Crippen LogP contribution in [0.25, 0.3) is 0 Å². The molecule has 0 radical (unpaired) electrons. The summed E-state index contributed by atoms with van der Waals surface area (Å²) in [5.41, 5.74) is -0.324. The van der Waals surface area contributed by atoms with Crippen molar-refractivity contribution >= 4 is 29.1 Å². The lowest BCUT2D eigenvalue weighted by molar-refractivity contribution is -0.137. The molecule has 1 aromatic carbocycles. The van der Waals surface area contributed by atoms with Crippen LogP contribution >= 0.6 is 23.4 Å². The molecule has 0 aliphatic heterocycles. The normalized spacial score (nSPS) is 11.5. The first-order chi connectivity index (χ1) is 9.77. The predicted molar refractivity (Wildman–Crippen MR) is 74.8 cm³/mol. The summed E-state index contributed by atoms with van der Waals surface area (Å²) in [7, 11) is 0. The van der Waals surface area contributed by atoms with Gasteiger partial charge in [0.15, 0.2) is 5.78 Å². The standard InChI is InChI=1S/C14H9ClF3NOS/c1-8(20)9-2-4-12(11(15)6-9)21-13-5-3-10(7-19-13)14(16,17)18/h2-7H,1H3. The fourth-order valence-corrected chi connectivity index (χ4v) is 2.58. The monoisotopic (exact) mass is 331 g/mol. The van der Waals surface area contributed by atoms with Gasteiger partial charge in [-0.3, -0.25) is 4.79 Å². The maximum Gasteiger partial charge on any atom is 0.417 e. The van der Waals surface area contributed by atoms with Crippen molar-refractivity contribution in [3.63, 3.8) is 0 Å². The van der Waals surface area contributed by atoms with Crippen molar-refractivity contribution in [3.05, 3.63) is 52.7 Å². The molecule has 2 nitrogen and oxygen atoms in total. The van der Waals surface area contributed by atoms with Gasteiger partial charge in [-0.2, -0.15) is 13.2 Å². The molecule has 0 bridgehead atoms. The number of rotatable bonds is 3. The molecule has 0 aliphatic carbocycles. The molecule has 21 heavy (non-hydrogen) atoms. The van der Waals surface area contributed by atoms with E-state index in [1.165, 1.54) is 19.1 Å². The molecule has 0 saturated heterocycles. The summed E-state index contributed by atoms with van der Waals surface area (Å²) >= 11 is 7.18. The summed E-state index contributed by atoms with van der Waals surface area (Å²) in [4.78, 5) is 15.6. The van der Waals surface area contributed by atoms with E-state index in [0.29, 0.717) is 20.5 Å². The summed E-state index contributed by atoms with van der Waals surface area (Å²) in [6.07, 6.45) is -3.63. The molecule has 1 heterocycles. The van der Waals surface area contributed by atoms with Crippen molar-refractivity contribution in [2.24, 2.45) is 0 Å². The first kappa shape index (κ1) is 15.9. The Morgan fingerprint density at radius 2 is 1.95 bits per heavy atom. The third-order valence-corrected chi connectivity index (χ3v) is 4.07. The number of nitrogens with zero attached hydrogens (tertiary/aromatic N) is 1. The van der Waals surface area contributed by atoms with Crippen LogP contribution in [0.1, 0.15) is 22.8 Å². The number of aromatic nitrogens is 1. The third kappa shape index (κ3) is 3.98. The van der Waals surface area contributed by atoms with Gasteiger partial charge in [0.2, 0.25) is 0 Å². The van der Waals surface area contributed by atoms with Gasteiger partial charge in [0.1, 0.15) is 5.03 Å². The third-order valence-electron chi connectivity index (χ3n) is 2.62. The van der Waals surface area contributed by atoms with Gasteiger partial charge in [-0.25, -0.2) is 4.98 Å². The van der Waals surface area contributed by atoms with E-state index in [2.05, 4.69) is 4.98 Å². The highest BCUT2D eigenvalue weighted by atomic mass is 35.5. The predicted octanol–water partition coefficient (Wildman–Crippen LogP) is 5.11. The number of alkyl halides is 3. The quantitative estimate of drug-likeness (QED) is 0.732. The lowest BCUT2D eigenvalue weighted by atomic mass is 10.1. The van der Waals surface area contributed by atoms with Crippen molar-refractivity contribution in [1.82, 2.24) is 4.98 Å². The summed E-state index contributed by atoms with van der Waals surface area (Å²) in [5, 5.41) is 0.745. The molecule has 110 valence electrons. The minimum Gasteiger partial charge on any atom is -0.295 e. The minimum absolute atomic E-state index is 0.110. The summed E-state index contributed by atoms with van der Waals surface area (Å²) in [5.74, 6) is -0.110. The van der Waals surface area contributed by atoms with Gasteiger partial charge in [-0.15, -0.1) is 0 Å². The average molecular weight is 332 g/mol. The highest BCUT2D eigenvalue weighted by Crippen LogP contribution is 2.34. The van der Waals surface area contributed by atoms with Gasteiger partial charge in [0.05, 0.1) is 10.6 Å². The van der Waals surface area contributed by atoms with Crippen LogP contribution in [0.4, 0.5) is 13.2 Å². The number of Topliss-reactive ketones (excluding diaryl/α,β-unsaturated/α-hetero) is 1. The first-order valence-electron chi connectivity index (χ1n) is 5.79. The van der Waals surface area contributed by atoms with E-state index in [1.807, 2.05) is 0 Å². The van der Waals surface area contributed by atoms with E-state index in [9.17, 15) is 18.0 Å². The topological polar surface area (TPSA) is 30.0 Å². The van der Waals surface area contributed by atoms with Gasteiger partial charge in [0.25, 0.3) is 0 Å². The van der Waals surface area contributed by atoms with Crippen LogP contribution in [0.2, 0.25) is 5.02 Å². The van der Waals surface area contributed by atoms with Crippen molar-refractivity contribution in [1.29, 1.82) is 0 Å². The number of ketones is 1. The van der Waals surface area contributed by atoms with Crippen molar-refractivity contribution < 1.29 is 18.0 Å².